The van der Waals surface area contributed by atoms with Gasteiger partial charge in [0.1, 0.15) is 0 Å². The molecule has 1 unspecified atom stereocenters. The Bertz CT molecular complexity index is 655. The van der Waals surface area contributed by atoms with E-state index in [4.69, 9.17) is 0 Å². The van der Waals surface area contributed by atoms with Crippen LogP contribution in [0.25, 0.3) is 0 Å². The van der Waals surface area contributed by atoms with Gasteiger partial charge in [0, 0.05) is 5.69 Å². The molecule has 0 amide bonds. The molecule has 7 heteroatoms. The highest BCUT2D eigenvalue weighted by atomic mass is 19.4. The minimum Gasteiger partial charge on any atom is -0.378 e. The van der Waals surface area contributed by atoms with Gasteiger partial charge in [-0.25, -0.2) is 0 Å². The molecule has 0 spiro atoms. The molecule has 130 valence electrons. The Hall–Kier alpha value is -2.18. The summed E-state index contributed by atoms with van der Waals surface area (Å²) in [4.78, 5) is 0. The maximum atomic E-state index is 12.8. The van der Waals surface area contributed by atoms with Gasteiger partial charge in [-0.05, 0) is 36.8 Å². The zero-order valence-corrected chi connectivity index (χ0v) is 12.7. The zero-order chi connectivity index (χ0) is 18.0. The molecule has 0 heterocycles. The fourth-order valence-electron chi connectivity index (χ4n) is 2.24. The second-order valence-electron chi connectivity index (χ2n) is 5.50. The molecule has 1 atom stereocenters. The van der Waals surface area contributed by atoms with E-state index in [0.29, 0.717) is 5.56 Å². The predicted octanol–water partition coefficient (Wildman–Crippen LogP) is 6.12. The van der Waals surface area contributed by atoms with Crippen LogP contribution in [0.3, 0.4) is 0 Å². The number of aryl methyl sites for hydroxylation is 1. The second-order valence-corrected chi connectivity index (χ2v) is 5.50. The van der Waals surface area contributed by atoms with Crippen LogP contribution in [0.2, 0.25) is 0 Å². The summed E-state index contributed by atoms with van der Waals surface area (Å²) in [5.74, 6) is 0. The molecule has 2 aromatic carbocycles. The van der Waals surface area contributed by atoms with E-state index in [2.05, 4.69) is 5.32 Å². The van der Waals surface area contributed by atoms with Gasteiger partial charge in [-0.15, -0.1) is 0 Å². The minimum absolute atomic E-state index is 0.192. The third-order valence-corrected chi connectivity index (χ3v) is 3.47. The van der Waals surface area contributed by atoms with Crippen LogP contribution in [0.4, 0.5) is 32.0 Å². The normalized spacial score (nSPS) is 13.6. The van der Waals surface area contributed by atoms with E-state index in [1.54, 1.807) is 24.3 Å². The van der Waals surface area contributed by atoms with E-state index in [0.717, 1.165) is 29.8 Å². The first kappa shape index (κ1) is 18.2. The number of alkyl halides is 6. The van der Waals surface area contributed by atoms with Crippen molar-refractivity contribution in [2.24, 2.45) is 0 Å². The van der Waals surface area contributed by atoms with E-state index < -0.39 is 30.4 Å². The number of hydrogen-bond acceptors (Lipinski definition) is 1. The van der Waals surface area contributed by atoms with Gasteiger partial charge in [0.25, 0.3) is 0 Å². The molecular formula is C17H15F6N. The summed E-state index contributed by atoms with van der Waals surface area (Å²) in [7, 11) is 0. The molecule has 0 bridgehead atoms. The van der Waals surface area contributed by atoms with Crippen LogP contribution in [0.1, 0.15) is 29.2 Å². The van der Waals surface area contributed by atoms with Crippen molar-refractivity contribution in [3.63, 3.8) is 0 Å². The van der Waals surface area contributed by atoms with Gasteiger partial charge in [-0.2, -0.15) is 26.3 Å². The number of anilines is 1. The van der Waals surface area contributed by atoms with Crippen molar-refractivity contribution in [1.29, 1.82) is 0 Å². The molecule has 0 saturated carbocycles. The molecule has 0 saturated heterocycles. The third kappa shape index (κ3) is 5.18. The summed E-state index contributed by atoms with van der Waals surface area (Å²) in [5.41, 5.74) is 0.658. The van der Waals surface area contributed by atoms with Crippen molar-refractivity contribution in [1.82, 2.24) is 0 Å². The smallest absolute Gasteiger partial charge is 0.378 e. The van der Waals surface area contributed by atoms with Crippen LogP contribution >= 0.6 is 0 Å². The van der Waals surface area contributed by atoms with Crippen LogP contribution < -0.4 is 5.32 Å². The van der Waals surface area contributed by atoms with Crippen molar-refractivity contribution in [3.8, 4) is 0 Å². The van der Waals surface area contributed by atoms with Crippen LogP contribution in [-0.2, 0) is 6.18 Å². The van der Waals surface area contributed by atoms with E-state index in [1.807, 2.05) is 6.92 Å². The lowest BCUT2D eigenvalue weighted by atomic mass is 10.0. The van der Waals surface area contributed by atoms with Crippen molar-refractivity contribution in [2.45, 2.75) is 31.7 Å². The van der Waals surface area contributed by atoms with E-state index >= 15 is 0 Å². The highest BCUT2D eigenvalue weighted by Crippen LogP contribution is 2.34. The first-order valence-corrected chi connectivity index (χ1v) is 7.12. The summed E-state index contributed by atoms with van der Waals surface area (Å²) < 4.78 is 76.0. The number of nitrogens with one attached hydrogen (secondary N) is 1. The molecule has 24 heavy (non-hydrogen) atoms. The van der Waals surface area contributed by atoms with Gasteiger partial charge >= 0.3 is 12.4 Å². The monoisotopic (exact) mass is 347 g/mol. The fraction of sp³-hybridized carbons (Fsp3) is 0.294. The molecule has 0 aliphatic heterocycles. The van der Waals surface area contributed by atoms with Crippen LogP contribution in [0, 0.1) is 6.92 Å². The minimum atomic E-state index is -4.49. The second kappa shape index (κ2) is 6.75. The molecule has 0 fully saturated rings. The molecule has 0 aliphatic rings. The number of benzene rings is 2. The average Bonchev–Trinajstić information content (AvgIpc) is 2.45. The molecule has 2 rings (SSSR count). The summed E-state index contributed by atoms with van der Waals surface area (Å²) in [6, 6.07) is 9.36. The van der Waals surface area contributed by atoms with E-state index in [1.165, 1.54) is 0 Å². The molecule has 2 aromatic rings. The van der Waals surface area contributed by atoms with E-state index in [-0.39, 0.29) is 5.69 Å². The highest BCUT2D eigenvalue weighted by Gasteiger charge is 2.33. The average molecular weight is 347 g/mol. The third-order valence-electron chi connectivity index (χ3n) is 3.47. The molecular weight excluding hydrogens is 332 g/mol. The van der Waals surface area contributed by atoms with Crippen LogP contribution in [0.15, 0.2) is 48.5 Å². The van der Waals surface area contributed by atoms with Crippen molar-refractivity contribution >= 4 is 5.69 Å². The Labute approximate surface area is 135 Å². The van der Waals surface area contributed by atoms with Gasteiger partial charge in [-0.3, -0.25) is 0 Å². The molecule has 0 radical (unpaired) electrons. The summed E-state index contributed by atoms with van der Waals surface area (Å²) in [5, 5.41) is 2.66. The summed E-state index contributed by atoms with van der Waals surface area (Å²) in [6.07, 6.45) is -10.0. The van der Waals surface area contributed by atoms with Gasteiger partial charge < -0.3 is 5.32 Å². The van der Waals surface area contributed by atoms with Crippen LogP contribution in [-0.4, -0.2) is 6.18 Å². The Balaban J connectivity index is 2.23. The van der Waals surface area contributed by atoms with Crippen molar-refractivity contribution < 1.29 is 26.3 Å². The fourth-order valence-corrected chi connectivity index (χ4v) is 2.24. The Morgan fingerprint density at radius 3 is 1.83 bits per heavy atom. The molecule has 1 N–H and O–H groups in total. The van der Waals surface area contributed by atoms with Gasteiger partial charge in [0.2, 0.25) is 0 Å². The van der Waals surface area contributed by atoms with Gasteiger partial charge in [-0.1, -0.05) is 29.8 Å². The summed E-state index contributed by atoms with van der Waals surface area (Å²) in [6.45, 7) is 1.81. The molecule has 0 aliphatic carbocycles. The van der Waals surface area contributed by atoms with E-state index in [9.17, 15) is 26.3 Å². The van der Waals surface area contributed by atoms with Crippen molar-refractivity contribution in [3.05, 3.63) is 65.2 Å². The largest absolute Gasteiger partial charge is 0.416 e. The van der Waals surface area contributed by atoms with Gasteiger partial charge in [0.15, 0.2) is 0 Å². The van der Waals surface area contributed by atoms with Gasteiger partial charge in [0.05, 0.1) is 18.0 Å². The molecule has 1 nitrogen and oxygen atoms in total. The maximum Gasteiger partial charge on any atom is 0.416 e. The first-order valence-electron chi connectivity index (χ1n) is 7.12. The standard InChI is InChI=1S/C17H15F6N/c1-11-2-4-12(5-3-11)15(10-16(18,19)20)24-14-8-6-13(7-9-14)17(21,22)23/h2-9,15,24H,10H2,1H3. The maximum absolute atomic E-state index is 12.8. The quantitative estimate of drug-likeness (QED) is 0.657. The lowest BCUT2D eigenvalue weighted by Crippen LogP contribution is -2.20. The SMILES string of the molecule is Cc1ccc(C(CC(F)(F)F)Nc2ccc(C(F)(F)F)cc2)cc1. The Morgan fingerprint density at radius 1 is 0.833 bits per heavy atom. The zero-order valence-electron chi connectivity index (χ0n) is 12.7. The lowest BCUT2D eigenvalue weighted by molar-refractivity contribution is -0.138. The predicted molar refractivity (Wildman–Crippen MR) is 79.7 cm³/mol. The van der Waals surface area contributed by atoms with Crippen molar-refractivity contribution in [2.75, 3.05) is 5.32 Å². The summed E-state index contributed by atoms with van der Waals surface area (Å²) >= 11 is 0. The number of hydrogen-bond donors (Lipinski definition) is 1. The Kier molecular flexibility index (Phi) is 5.11. The lowest BCUT2D eigenvalue weighted by Gasteiger charge is -2.22. The molecule has 0 aromatic heterocycles. The van der Waals surface area contributed by atoms with Crippen LogP contribution in [0.5, 0.6) is 0 Å². The highest BCUT2D eigenvalue weighted by molar-refractivity contribution is 5.47. The number of halogens is 6. The first-order chi connectivity index (χ1) is 11.0. The number of rotatable bonds is 4. The topological polar surface area (TPSA) is 12.0 Å². The Morgan fingerprint density at radius 2 is 1.38 bits per heavy atom.